The maximum Gasteiger partial charge on any atom is 0.342 e. The lowest BCUT2D eigenvalue weighted by molar-refractivity contribution is -0.132. The largest absolute Gasteiger partial charge is 0.423 e. The second kappa shape index (κ2) is 5.19. The van der Waals surface area contributed by atoms with Crippen molar-refractivity contribution in [3.63, 3.8) is 0 Å². The van der Waals surface area contributed by atoms with E-state index in [4.69, 9.17) is 4.74 Å². The molecule has 1 N–H and O–H groups in total. The number of para-hydroxylation sites is 1. The van der Waals surface area contributed by atoms with E-state index in [1.807, 2.05) is 44.2 Å². The molecule has 0 radical (unpaired) electrons. The molecule has 2 aromatic carbocycles. The van der Waals surface area contributed by atoms with Crippen LogP contribution in [-0.2, 0) is 4.79 Å². The second-order valence-electron chi connectivity index (χ2n) is 5.24. The summed E-state index contributed by atoms with van der Waals surface area (Å²) < 4.78 is 5.33. The molecule has 0 fully saturated rings. The molecule has 1 atom stereocenters. The standard InChI is InChI=1S/C18H16O3/c1-11-6-5-7-13(10-11)12(2)16-17(19)14-8-3-4-9-15(14)21-18(16)20/h3-10,17,19H,1-2H3/b16-12+. The number of allylic oxidation sites excluding steroid dienone is 1. The highest BCUT2D eigenvalue weighted by atomic mass is 16.5. The van der Waals surface area contributed by atoms with Crippen LogP contribution < -0.4 is 4.74 Å². The van der Waals surface area contributed by atoms with Crippen molar-refractivity contribution in [1.82, 2.24) is 0 Å². The molecule has 1 unspecified atom stereocenters. The highest BCUT2D eigenvalue weighted by Gasteiger charge is 2.32. The van der Waals surface area contributed by atoms with Crippen LogP contribution in [0.3, 0.4) is 0 Å². The minimum absolute atomic E-state index is 0.305. The minimum atomic E-state index is -0.956. The first-order chi connectivity index (χ1) is 10.1. The van der Waals surface area contributed by atoms with E-state index in [1.54, 1.807) is 18.2 Å². The lowest BCUT2D eigenvalue weighted by atomic mass is 9.91. The third-order valence-electron chi connectivity index (χ3n) is 3.76. The van der Waals surface area contributed by atoms with E-state index in [0.29, 0.717) is 16.9 Å². The highest BCUT2D eigenvalue weighted by molar-refractivity contribution is 6.01. The Bertz CT molecular complexity index is 744. The molecule has 1 aliphatic heterocycles. The fourth-order valence-electron chi connectivity index (χ4n) is 2.61. The zero-order valence-corrected chi connectivity index (χ0v) is 12.0. The molecule has 1 aliphatic rings. The number of aryl methyl sites for hydroxylation is 1. The molecule has 106 valence electrons. The number of ether oxygens (including phenoxy) is 1. The summed E-state index contributed by atoms with van der Waals surface area (Å²) in [4.78, 5) is 12.2. The summed E-state index contributed by atoms with van der Waals surface area (Å²) in [6, 6.07) is 14.9. The summed E-state index contributed by atoms with van der Waals surface area (Å²) in [5, 5.41) is 10.5. The van der Waals surface area contributed by atoms with E-state index in [2.05, 4.69) is 0 Å². The fourth-order valence-corrected chi connectivity index (χ4v) is 2.61. The highest BCUT2D eigenvalue weighted by Crippen LogP contribution is 2.38. The first kappa shape index (κ1) is 13.6. The molecule has 3 nitrogen and oxygen atoms in total. The van der Waals surface area contributed by atoms with E-state index in [0.717, 1.165) is 16.7 Å². The Balaban J connectivity index is 2.14. The van der Waals surface area contributed by atoms with Gasteiger partial charge >= 0.3 is 5.97 Å². The van der Waals surface area contributed by atoms with Gasteiger partial charge in [-0.2, -0.15) is 0 Å². The van der Waals surface area contributed by atoms with Gasteiger partial charge < -0.3 is 9.84 Å². The van der Waals surface area contributed by atoms with Gasteiger partial charge in [-0.3, -0.25) is 0 Å². The van der Waals surface area contributed by atoms with Crippen molar-refractivity contribution < 1.29 is 14.6 Å². The van der Waals surface area contributed by atoms with Crippen LogP contribution in [-0.4, -0.2) is 11.1 Å². The van der Waals surface area contributed by atoms with Gasteiger partial charge in [0.2, 0.25) is 0 Å². The van der Waals surface area contributed by atoms with Gasteiger partial charge in [0.05, 0.1) is 5.57 Å². The lowest BCUT2D eigenvalue weighted by Gasteiger charge is -2.25. The molecule has 3 heteroatoms. The summed E-state index contributed by atoms with van der Waals surface area (Å²) in [7, 11) is 0. The summed E-state index contributed by atoms with van der Waals surface area (Å²) in [6.45, 7) is 3.83. The van der Waals surface area contributed by atoms with E-state index in [-0.39, 0.29) is 0 Å². The maximum atomic E-state index is 12.2. The van der Waals surface area contributed by atoms with Crippen molar-refractivity contribution >= 4 is 11.5 Å². The van der Waals surface area contributed by atoms with E-state index >= 15 is 0 Å². The Labute approximate surface area is 123 Å². The van der Waals surface area contributed by atoms with E-state index < -0.39 is 12.1 Å². The molecule has 0 amide bonds. The Kier molecular flexibility index (Phi) is 3.35. The number of hydrogen-bond donors (Lipinski definition) is 1. The zero-order chi connectivity index (χ0) is 15.0. The number of esters is 1. The average Bonchev–Trinajstić information content (AvgIpc) is 2.47. The lowest BCUT2D eigenvalue weighted by Crippen LogP contribution is -2.24. The van der Waals surface area contributed by atoms with E-state index in [1.165, 1.54) is 0 Å². The van der Waals surface area contributed by atoms with Gasteiger partial charge in [0, 0.05) is 5.56 Å². The zero-order valence-electron chi connectivity index (χ0n) is 12.0. The third-order valence-corrected chi connectivity index (χ3v) is 3.76. The number of carbonyl (C=O) groups excluding carboxylic acids is 1. The van der Waals surface area contributed by atoms with Crippen molar-refractivity contribution in [3.05, 3.63) is 70.8 Å². The van der Waals surface area contributed by atoms with Crippen LogP contribution in [0, 0.1) is 6.92 Å². The van der Waals surface area contributed by atoms with Crippen molar-refractivity contribution in [2.45, 2.75) is 20.0 Å². The molecule has 3 rings (SSSR count). The second-order valence-corrected chi connectivity index (χ2v) is 5.24. The molecule has 21 heavy (non-hydrogen) atoms. The van der Waals surface area contributed by atoms with Crippen LogP contribution in [0.15, 0.2) is 54.1 Å². The summed E-state index contributed by atoms with van der Waals surface area (Å²) in [6.07, 6.45) is -0.956. The minimum Gasteiger partial charge on any atom is -0.423 e. The number of aliphatic hydroxyl groups is 1. The monoisotopic (exact) mass is 280 g/mol. The molecule has 0 saturated heterocycles. The quantitative estimate of drug-likeness (QED) is 0.494. The molecule has 0 bridgehead atoms. The van der Waals surface area contributed by atoms with Gasteiger partial charge in [-0.25, -0.2) is 4.79 Å². The average molecular weight is 280 g/mol. The van der Waals surface area contributed by atoms with Gasteiger partial charge in [0.15, 0.2) is 0 Å². The van der Waals surface area contributed by atoms with Crippen LogP contribution in [0.4, 0.5) is 0 Å². The maximum absolute atomic E-state index is 12.2. The number of hydrogen-bond acceptors (Lipinski definition) is 3. The number of rotatable bonds is 1. The Morgan fingerprint density at radius 3 is 2.67 bits per heavy atom. The smallest absolute Gasteiger partial charge is 0.342 e. The van der Waals surface area contributed by atoms with Crippen molar-refractivity contribution in [1.29, 1.82) is 0 Å². The topological polar surface area (TPSA) is 46.5 Å². The molecule has 0 aromatic heterocycles. The van der Waals surface area contributed by atoms with Gasteiger partial charge in [-0.15, -0.1) is 0 Å². The Morgan fingerprint density at radius 2 is 1.90 bits per heavy atom. The predicted octanol–water partition coefficient (Wildman–Crippen LogP) is 3.42. The predicted molar refractivity (Wildman–Crippen MR) is 80.8 cm³/mol. The molecule has 0 aliphatic carbocycles. The van der Waals surface area contributed by atoms with E-state index in [9.17, 15) is 9.90 Å². The Morgan fingerprint density at radius 1 is 1.14 bits per heavy atom. The number of fused-ring (bicyclic) bond motifs is 1. The van der Waals surface area contributed by atoms with Crippen molar-refractivity contribution in [3.8, 4) is 5.75 Å². The Hall–Kier alpha value is -2.39. The van der Waals surface area contributed by atoms with Crippen LogP contribution in [0.25, 0.3) is 5.57 Å². The number of aliphatic hydroxyl groups excluding tert-OH is 1. The summed E-state index contributed by atoms with van der Waals surface area (Å²) in [5.74, 6) is -0.0593. The molecule has 2 aromatic rings. The van der Waals surface area contributed by atoms with Gasteiger partial charge in [0.25, 0.3) is 0 Å². The summed E-state index contributed by atoms with van der Waals surface area (Å²) in [5.41, 5.74) is 3.69. The SMILES string of the molecule is C/C(=C1\C(=O)Oc2ccccc2C1O)c1cccc(C)c1. The first-order valence-electron chi connectivity index (χ1n) is 6.85. The van der Waals surface area contributed by atoms with Crippen LogP contribution in [0.1, 0.15) is 29.7 Å². The van der Waals surface area contributed by atoms with Gasteiger partial charge in [-0.05, 0) is 31.1 Å². The van der Waals surface area contributed by atoms with Gasteiger partial charge in [-0.1, -0.05) is 48.0 Å². The third kappa shape index (κ3) is 2.36. The fraction of sp³-hybridized carbons (Fsp3) is 0.167. The van der Waals surface area contributed by atoms with Crippen LogP contribution >= 0.6 is 0 Å². The molecule has 0 spiro atoms. The molecular formula is C18H16O3. The number of carbonyl (C=O) groups is 1. The van der Waals surface area contributed by atoms with Crippen molar-refractivity contribution in [2.75, 3.05) is 0 Å². The number of benzene rings is 2. The first-order valence-corrected chi connectivity index (χ1v) is 6.85. The molecule has 0 saturated carbocycles. The molecular weight excluding hydrogens is 264 g/mol. The van der Waals surface area contributed by atoms with Crippen LogP contribution in [0.2, 0.25) is 0 Å². The summed E-state index contributed by atoms with van der Waals surface area (Å²) >= 11 is 0. The van der Waals surface area contributed by atoms with Crippen molar-refractivity contribution in [2.24, 2.45) is 0 Å². The van der Waals surface area contributed by atoms with Gasteiger partial charge in [0.1, 0.15) is 11.9 Å². The normalized spacial score (nSPS) is 19.8. The van der Waals surface area contributed by atoms with Crippen LogP contribution in [0.5, 0.6) is 5.75 Å². The molecule has 1 heterocycles.